The molecule has 22 heavy (non-hydrogen) atoms. The second-order valence-electron chi connectivity index (χ2n) is 4.21. The van der Waals surface area contributed by atoms with E-state index in [1.54, 1.807) is 12.1 Å². The highest BCUT2D eigenvalue weighted by Crippen LogP contribution is 2.09. The molecule has 8 nitrogen and oxygen atoms in total. The van der Waals surface area contributed by atoms with Crippen LogP contribution in [0, 0.1) is 6.92 Å². The van der Waals surface area contributed by atoms with Gasteiger partial charge in [0.15, 0.2) is 5.71 Å². The fraction of sp³-hybridized carbons (Fsp3) is 0.308. The van der Waals surface area contributed by atoms with Crippen LogP contribution in [0.1, 0.15) is 12.0 Å². The summed E-state index contributed by atoms with van der Waals surface area (Å²) >= 11 is 0. The number of esters is 2. The SMILES string of the molecule is COC(=O)C/C(=N\NS(=O)(=O)c1ccc(C)cc1)C(=O)OC. The molecule has 0 saturated carbocycles. The maximum Gasteiger partial charge on any atom is 0.354 e. The Kier molecular flexibility index (Phi) is 6.05. The molecular formula is C13H16N2O6S. The lowest BCUT2D eigenvalue weighted by atomic mass is 10.2. The highest BCUT2D eigenvalue weighted by molar-refractivity contribution is 7.89. The molecule has 0 saturated heterocycles. The Hall–Kier alpha value is -2.42. The number of rotatable bonds is 6. The van der Waals surface area contributed by atoms with Crippen molar-refractivity contribution in [2.75, 3.05) is 14.2 Å². The highest BCUT2D eigenvalue weighted by Gasteiger charge is 2.19. The zero-order chi connectivity index (χ0) is 16.8. The van der Waals surface area contributed by atoms with E-state index < -0.39 is 34.1 Å². The van der Waals surface area contributed by atoms with Gasteiger partial charge in [-0.05, 0) is 19.1 Å². The van der Waals surface area contributed by atoms with E-state index in [-0.39, 0.29) is 4.90 Å². The Bertz CT molecular complexity index is 679. The summed E-state index contributed by atoms with van der Waals surface area (Å²) in [7, 11) is -1.73. The monoisotopic (exact) mass is 328 g/mol. The molecule has 1 N–H and O–H groups in total. The van der Waals surface area contributed by atoms with Crippen molar-refractivity contribution in [3.8, 4) is 0 Å². The zero-order valence-electron chi connectivity index (χ0n) is 12.3. The summed E-state index contributed by atoms with van der Waals surface area (Å²) in [5, 5.41) is 3.46. The van der Waals surface area contributed by atoms with Crippen molar-refractivity contribution in [2.45, 2.75) is 18.2 Å². The second kappa shape index (κ2) is 7.55. The molecule has 0 aliphatic carbocycles. The van der Waals surface area contributed by atoms with Crippen LogP contribution < -0.4 is 4.83 Å². The molecule has 1 aromatic carbocycles. The van der Waals surface area contributed by atoms with Crippen molar-refractivity contribution in [3.05, 3.63) is 29.8 Å². The Morgan fingerprint density at radius 1 is 1.14 bits per heavy atom. The molecule has 0 aliphatic heterocycles. The molecule has 0 aliphatic rings. The molecule has 0 atom stereocenters. The molecule has 0 amide bonds. The normalized spacial score (nSPS) is 11.7. The number of ether oxygens (including phenoxy) is 2. The van der Waals surface area contributed by atoms with E-state index >= 15 is 0 Å². The number of benzene rings is 1. The topological polar surface area (TPSA) is 111 Å². The number of hydrazone groups is 1. The lowest BCUT2D eigenvalue weighted by Crippen LogP contribution is -2.26. The number of nitrogens with one attached hydrogen (secondary N) is 1. The first kappa shape index (κ1) is 17.6. The zero-order valence-corrected chi connectivity index (χ0v) is 13.1. The number of aryl methyl sites for hydroxylation is 1. The third-order valence-corrected chi connectivity index (χ3v) is 3.82. The van der Waals surface area contributed by atoms with Crippen LogP contribution in [0.3, 0.4) is 0 Å². The summed E-state index contributed by atoms with van der Waals surface area (Å²) in [4.78, 5) is 24.5. The Morgan fingerprint density at radius 2 is 1.73 bits per heavy atom. The summed E-state index contributed by atoms with van der Waals surface area (Å²) in [6, 6.07) is 6.03. The van der Waals surface area contributed by atoms with Crippen LogP contribution in [-0.4, -0.2) is 40.3 Å². The van der Waals surface area contributed by atoms with Gasteiger partial charge in [0.1, 0.15) is 0 Å². The van der Waals surface area contributed by atoms with Crippen LogP contribution in [0.2, 0.25) is 0 Å². The molecule has 1 aromatic rings. The molecule has 0 fully saturated rings. The maximum atomic E-state index is 12.0. The second-order valence-corrected chi connectivity index (χ2v) is 5.87. The fourth-order valence-corrected chi connectivity index (χ4v) is 2.20. The van der Waals surface area contributed by atoms with Gasteiger partial charge in [0.2, 0.25) is 0 Å². The van der Waals surface area contributed by atoms with E-state index in [2.05, 4.69) is 14.6 Å². The Labute approximate surface area is 128 Å². The van der Waals surface area contributed by atoms with Crippen molar-refractivity contribution in [2.24, 2.45) is 5.10 Å². The van der Waals surface area contributed by atoms with Crippen LogP contribution in [0.4, 0.5) is 0 Å². The molecular weight excluding hydrogens is 312 g/mol. The van der Waals surface area contributed by atoms with Crippen LogP contribution in [0.15, 0.2) is 34.3 Å². The van der Waals surface area contributed by atoms with Crippen molar-refractivity contribution < 1.29 is 27.5 Å². The average molecular weight is 328 g/mol. The van der Waals surface area contributed by atoms with E-state index in [9.17, 15) is 18.0 Å². The van der Waals surface area contributed by atoms with Gasteiger partial charge in [-0.15, -0.1) is 0 Å². The molecule has 0 aromatic heterocycles. The third kappa shape index (κ3) is 4.85. The van der Waals surface area contributed by atoms with Gasteiger partial charge < -0.3 is 9.47 Å². The van der Waals surface area contributed by atoms with Crippen molar-refractivity contribution in [3.63, 3.8) is 0 Å². The van der Waals surface area contributed by atoms with Gasteiger partial charge in [-0.25, -0.2) is 4.79 Å². The molecule has 9 heteroatoms. The van der Waals surface area contributed by atoms with Gasteiger partial charge in [-0.1, -0.05) is 17.7 Å². The summed E-state index contributed by atoms with van der Waals surface area (Å²) in [6.45, 7) is 1.81. The molecule has 120 valence electrons. The predicted octanol–water partition coefficient (Wildman–Crippen LogP) is 0.365. The van der Waals surface area contributed by atoms with Crippen LogP contribution in [-0.2, 0) is 29.1 Å². The number of carbonyl (C=O) groups is 2. The minimum absolute atomic E-state index is 0.0240. The first-order valence-corrected chi connectivity index (χ1v) is 7.58. The predicted molar refractivity (Wildman–Crippen MR) is 77.6 cm³/mol. The van der Waals surface area contributed by atoms with E-state index in [0.29, 0.717) is 0 Å². The number of sulfonamides is 1. The third-order valence-electron chi connectivity index (χ3n) is 2.59. The molecule has 0 spiro atoms. The first-order valence-electron chi connectivity index (χ1n) is 6.10. The van der Waals surface area contributed by atoms with E-state index in [0.717, 1.165) is 19.8 Å². The standard InChI is InChI=1S/C13H16N2O6S/c1-9-4-6-10(7-5-9)22(18,19)15-14-11(13(17)21-3)8-12(16)20-2/h4-7,15H,8H2,1-3H3/b14-11+. The quantitative estimate of drug-likeness (QED) is 0.459. The van der Waals surface area contributed by atoms with Gasteiger partial charge in [-0.3, -0.25) is 4.79 Å². The molecule has 0 heterocycles. The molecule has 0 radical (unpaired) electrons. The first-order chi connectivity index (χ1) is 10.3. The van der Waals surface area contributed by atoms with Crippen molar-refractivity contribution in [1.82, 2.24) is 4.83 Å². The lowest BCUT2D eigenvalue weighted by Gasteiger charge is -2.06. The Morgan fingerprint density at radius 3 is 2.23 bits per heavy atom. The van der Waals surface area contributed by atoms with Gasteiger partial charge in [0, 0.05) is 0 Å². The largest absolute Gasteiger partial charge is 0.469 e. The summed E-state index contributed by atoms with van der Waals surface area (Å²) in [6.07, 6.45) is -0.514. The van der Waals surface area contributed by atoms with Gasteiger partial charge in [-0.2, -0.15) is 18.4 Å². The van der Waals surface area contributed by atoms with Crippen LogP contribution in [0.5, 0.6) is 0 Å². The Balaban J connectivity index is 2.99. The number of hydrogen-bond donors (Lipinski definition) is 1. The van der Waals surface area contributed by atoms with E-state index in [4.69, 9.17) is 0 Å². The number of methoxy groups -OCH3 is 2. The van der Waals surface area contributed by atoms with Crippen molar-refractivity contribution in [1.29, 1.82) is 0 Å². The minimum atomic E-state index is -3.95. The summed E-state index contributed by atoms with van der Waals surface area (Å²) in [5.74, 6) is -1.68. The molecule has 0 unspecified atom stereocenters. The van der Waals surface area contributed by atoms with Gasteiger partial charge >= 0.3 is 11.9 Å². The average Bonchev–Trinajstić information content (AvgIpc) is 2.50. The van der Waals surface area contributed by atoms with Gasteiger partial charge in [0.05, 0.1) is 25.5 Å². The smallest absolute Gasteiger partial charge is 0.354 e. The number of hydrogen-bond acceptors (Lipinski definition) is 7. The van der Waals surface area contributed by atoms with Crippen LogP contribution >= 0.6 is 0 Å². The molecule has 0 bridgehead atoms. The summed E-state index contributed by atoms with van der Waals surface area (Å²) in [5.41, 5.74) is 0.480. The molecule has 1 rings (SSSR count). The summed E-state index contributed by atoms with van der Waals surface area (Å²) < 4.78 is 32.9. The fourth-order valence-electron chi connectivity index (χ4n) is 1.37. The van der Waals surface area contributed by atoms with E-state index in [1.165, 1.54) is 12.1 Å². The van der Waals surface area contributed by atoms with Crippen molar-refractivity contribution >= 4 is 27.7 Å². The van der Waals surface area contributed by atoms with E-state index in [1.807, 2.05) is 11.8 Å². The minimum Gasteiger partial charge on any atom is -0.469 e. The van der Waals surface area contributed by atoms with Crippen LogP contribution in [0.25, 0.3) is 0 Å². The highest BCUT2D eigenvalue weighted by atomic mass is 32.2. The maximum absolute atomic E-state index is 12.0. The number of carbonyl (C=O) groups excluding carboxylic acids is 2. The van der Waals surface area contributed by atoms with Gasteiger partial charge in [0.25, 0.3) is 10.0 Å². The lowest BCUT2D eigenvalue weighted by molar-refractivity contribution is -0.140. The number of nitrogens with zero attached hydrogens (tertiary/aromatic N) is 1.